The van der Waals surface area contributed by atoms with E-state index in [9.17, 15) is 9.59 Å². The predicted molar refractivity (Wildman–Crippen MR) is 88.6 cm³/mol. The van der Waals surface area contributed by atoms with Crippen LogP contribution in [0.15, 0.2) is 0 Å². The Morgan fingerprint density at radius 1 is 1.25 bits per heavy atom. The Morgan fingerprint density at radius 2 is 2.04 bits per heavy atom. The van der Waals surface area contributed by atoms with Crippen LogP contribution in [0.4, 0.5) is 0 Å². The molecular formula is C17H31NO6. The largest absolute Gasteiger partial charge is 0.454 e. The predicted octanol–water partition coefficient (Wildman–Crippen LogP) is 1.29. The first-order chi connectivity index (χ1) is 11.5. The summed E-state index contributed by atoms with van der Waals surface area (Å²) < 4.78 is 21.1. The zero-order chi connectivity index (χ0) is 17.8. The maximum Gasteiger partial charge on any atom is 0.335 e. The standard InChI is InChI=1S/C17H31NO6/c1-13(2)6-9-21-10-7-18-16(19)12-24-17(20)14(3)23-11-15-5-4-8-22-15/h13-15H,4-12H2,1-3H3,(H,18,19). The molecule has 2 unspecified atom stereocenters. The molecule has 24 heavy (non-hydrogen) atoms. The van der Waals surface area contributed by atoms with Gasteiger partial charge in [-0.2, -0.15) is 0 Å². The van der Waals surface area contributed by atoms with Crippen LogP contribution in [0.1, 0.15) is 40.0 Å². The Balaban J connectivity index is 2.00. The van der Waals surface area contributed by atoms with Gasteiger partial charge in [-0.3, -0.25) is 4.79 Å². The lowest BCUT2D eigenvalue weighted by Crippen LogP contribution is -2.34. The molecule has 7 nitrogen and oxygen atoms in total. The van der Waals surface area contributed by atoms with Gasteiger partial charge in [-0.25, -0.2) is 4.79 Å². The van der Waals surface area contributed by atoms with Gasteiger partial charge >= 0.3 is 5.97 Å². The average molecular weight is 345 g/mol. The van der Waals surface area contributed by atoms with Crippen LogP contribution in [0.2, 0.25) is 0 Å². The van der Waals surface area contributed by atoms with E-state index in [1.54, 1.807) is 6.92 Å². The summed E-state index contributed by atoms with van der Waals surface area (Å²) in [4.78, 5) is 23.3. The number of ether oxygens (including phenoxy) is 4. The number of carbonyl (C=O) groups is 2. The molecule has 1 saturated heterocycles. The fraction of sp³-hybridized carbons (Fsp3) is 0.882. The van der Waals surface area contributed by atoms with Gasteiger partial charge in [0.05, 0.1) is 19.3 Å². The van der Waals surface area contributed by atoms with Crippen molar-refractivity contribution in [2.75, 3.05) is 39.6 Å². The van der Waals surface area contributed by atoms with E-state index in [0.717, 1.165) is 25.9 Å². The molecule has 0 bridgehead atoms. The van der Waals surface area contributed by atoms with E-state index in [0.29, 0.717) is 32.3 Å². The van der Waals surface area contributed by atoms with Crippen molar-refractivity contribution in [1.29, 1.82) is 0 Å². The van der Waals surface area contributed by atoms with Crippen molar-refractivity contribution < 1.29 is 28.5 Å². The van der Waals surface area contributed by atoms with E-state index < -0.39 is 12.1 Å². The second kappa shape index (κ2) is 12.2. The molecular weight excluding hydrogens is 314 g/mol. The summed E-state index contributed by atoms with van der Waals surface area (Å²) in [5.74, 6) is -0.290. The molecule has 2 atom stereocenters. The summed E-state index contributed by atoms with van der Waals surface area (Å²) in [5, 5.41) is 2.64. The lowest BCUT2D eigenvalue weighted by atomic mass is 10.1. The van der Waals surface area contributed by atoms with Crippen LogP contribution in [0.25, 0.3) is 0 Å². The second-order valence-corrected chi connectivity index (χ2v) is 6.36. The highest BCUT2D eigenvalue weighted by molar-refractivity contribution is 5.81. The minimum Gasteiger partial charge on any atom is -0.454 e. The van der Waals surface area contributed by atoms with Crippen molar-refractivity contribution in [2.24, 2.45) is 5.92 Å². The van der Waals surface area contributed by atoms with Crippen LogP contribution in [0.5, 0.6) is 0 Å². The number of esters is 1. The molecule has 0 aliphatic carbocycles. The second-order valence-electron chi connectivity index (χ2n) is 6.36. The summed E-state index contributed by atoms with van der Waals surface area (Å²) in [6, 6.07) is 0. The van der Waals surface area contributed by atoms with Crippen molar-refractivity contribution in [3.63, 3.8) is 0 Å². The van der Waals surface area contributed by atoms with Crippen molar-refractivity contribution in [3.8, 4) is 0 Å². The van der Waals surface area contributed by atoms with Gasteiger partial charge in [0.25, 0.3) is 5.91 Å². The molecule has 0 aromatic carbocycles. The molecule has 1 heterocycles. The highest BCUT2D eigenvalue weighted by Gasteiger charge is 2.21. The van der Waals surface area contributed by atoms with Gasteiger partial charge in [-0.15, -0.1) is 0 Å². The monoisotopic (exact) mass is 345 g/mol. The highest BCUT2D eigenvalue weighted by atomic mass is 16.6. The zero-order valence-corrected chi connectivity index (χ0v) is 15.0. The van der Waals surface area contributed by atoms with Gasteiger partial charge in [0, 0.05) is 19.8 Å². The number of carbonyl (C=O) groups excluding carboxylic acids is 2. The quantitative estimate of drug-likeness (QED) is 0.424. The summed E-state index contributed by atoms with van der Waals surface area (Å²) in [6.45, 7) is 8.21. The Hall–Kier alpha value is -1.18. The summed E-state index contributed by atoms with van der Waals surface area (Å²) in [6.07, 6.45) is 2.31. The Morgan fingerprint density at radius 3 is 2.71 bits per heavy atom. The maximum atomic E-state index is 11.7. The van der Waals surface area contributed by atoms with Crippen molar-refractivity contribution in [3.05, 3.63) is 0 Å². The van der Waals surface area contributed by atoms with Crippen LogP contribution in [-0.2, 0) is 28.5 Å². The fourth-order valence-electron chi connectivity index (χ4n) is 2.08. The molecule has 1 fully saturated rings. The Bertz CT molecular complexity index is 368. The summed E-state index contributed by atoms with van der Waals surface area (Å²) in [7, 11) is 0. The first kappa shape index (κ1) is 20.9. The molecule has 1 amide bonds. The number of nitrogens with one attached hydrogen (secondary N) is 1. The van der Waals surface area contributed by atoms with Crippen molar-refractivity contribution in [2.45, 2.75) is 52.2 Å². The Kier molecular flexibility index (Phi) is 10.6. The molecule has 1 aliphatic heterocycles. The van der Waals surface area contributed by atoms with Crippen LogP contribution in [0, 0.1) is 5.92 Å². The zero-order valence-electron chi connectivity index (χ0n) is 15.0. The SMILES string of the molecule is CC(C)CCOCCNC(=O)COC(=O)C(C)OCC1CCCO1. The summed E-state index contributed by atoms with van der Waals surface area (Å²) >= 11 is 0. The van der Waals surface area contributed by atoms with E-state index in [-0.39, 0.29) is 18.6 Å². The van der Waals surface area contributed by atoms with E-state index in [1.807, 2.05) is 0 Å². The minimum absolute atomic E-state index is 0.0549. The molecule has 7 heteroatoms. The maximum absolute atomic E-state index is 11.7. The third-order valence-corrected chi connectivity index (χ3v) is 3.64. The topological polar surface area (TPSA) is 83.1 Å². The molecule has 0 saturated carbocycles. The van der Waals surface area contributed by atoms with E-state index in [4.69, 9.17) is 18.9 Å². The van der Waals surface area contributed by atoms with E-state index >= 15 is 0 Å². The molecule has 0 radical (unpaired) electrons. The first-order valence-corrected chi connectivity index (χ1v) is 8.73. The lowest BCUT2D eigenvalue weighted by molar-refractivity contribution is -0.160. The molecule has 0 aromatic heterocycles. The van der Waals surface area contributed by atoms with Gasteiger partial charge in [0.1, 0.15) is 0 Å². The van der Waals surface area contributed by atoms with Gasteiger partial charge in [-0.1, -0.05) is 13.8 Å². The number of rotatable bonds is 12. The first-order valence-electron chi connectivity index (χ1n) is 8.73. The lowest BCUT2D eigenvalue weighted by Gasteiger charge is -2.15. The highest BCUT2D eigenvalue weighted by Crippen LogP contribution is 2.12. The smallest absolute Gasteiger partial charge is 0.335 e. The third-order valence-electron chi connectivity index (χ3n) is 3.64. The van der Waals surface area contributed by atoms with Crippen LogP contribution in [-0.4, -0.2) is 63.7 Å². The van der Waals surface area contributed by atoms with Gasteiger partial charge < -0.3 is 24.3 Å². The van der Waals surface area contributed by atoms with Gasteiger partial charge in [0.15, 0.2) is 12.7 Å². The number of hydrogen-bond donors (Lipinski definition) is 1. The van der Waals surface area contributed by atoms with Crippen LogP contribution < -0.4 is 5.32 Å². The molecule has 0 spiro atoms. The Labute approximate surface area is 144 Å². The van der Waals surface area contributed by atoms with Crippen LogP contribution >= 0.6 is 0 Å². The van der Waals surface area contributed by atoms with Gasteiger partial charge in [0.2, 0.25) is 0 Å². The minimum atomic E-state index is -0.707. The average Bonchev–Trinajstić information content (AvgIpc) is 3.06. The van der Waals surface area contributed by atoms with Crippen molar-refractivity contribution in [1.82, 2.24) is 5.32 Å². The molecule has 1 rings (SSSR count). The van der Waals surface area contributed by atoms with E-state index in [2.05, 4.69) is 19.2 Å². The molecule has 0 aromatic rings. The van der Waals surface area contributed by atoms with E-state index in [1.165, 1.54) is 0 Å². The normalized spacial score (nSPS) is 18.6. The molecule has 1 N–H and O–H groups in total. The third kappa shape index (κ3) is 9.85. The van der Waals surface area contributed by atoms with Gasteiger partial charge in [-0.05, 0) is 32.1 Å². The molecule has 140 valence electrons. The van der Waals surface area contributed by atoms with Crippen molar-refractivity contribution >= 4 is 11.9 Å². The number of amides is 1. The molecule has 1 aliphatic rings. The number of hydrogen-bond acceptors (Lipinski definition) is 6. The summed E-state index contributed by atoms with van der Waals surface area (Å²) in [5.41, 5.74) is 0. The fourth-order valence-corrected chi connectivity index (χ4v) is 2.08. The van der Waals surface area contributed by atoms with Crippen LogP contribution in [0.3, 0.4) is 0 Å².